The number of methoxy groups -OCH3 is 1. The number of likely N-dealkylation sites (N-methyl/N-ethyl adjacent to an activating group) is 1. The molecule has 1 N–H and O–H groups in total. The highest BCUT2D eigenvalue weighted by molar-refractivity contribution is 9.10. The molecule has 0 unspecified atom stereocenters. The Hall–Kier alpha value is -3.32. The lowest BCUT2D eigenvalue weighted by molar-refractivity contribution is -0.142. The first-order valence-electron chi connectivity index (χ1n) is 12.5. The zero-order valence-corrected chi connectivity index (χ0v) is 23.5. The van der Waals surface area contributed by atoms with E-state index in [2.05, 4.69) is 35.1 Å². The second kappa shape index (κ2) is 13.8. The maximum atomic E-state index is 13.7. The van der Waals surface area contributed by atoms with Crippen molar-refractivity contribution in [3.8, 4) is 11.5 Å². The molecule has 3 rings (SSSR count). The topological polar surface area (TPSA) is 67.9 Å². The number of nitrogens with zero attached hydrogens (tertiary/aromatic N) is 1. The third kappa shape index (κ3) is 8.09. The van der Waals surface area contributed by atoms with Gasteiger partial charge in [-0.3, -0.25) is 9.59 Å². The molecule has 1 atom stereocenters. The fourth-order valence-corrected chi connectivity index (χ4v) is 4.54. The number of hydrogen-bond donors (Lipinski definition) is 1. The Morgan fingerprint density at radius 2 is 1.70 bits per heavy atom. The SMILES string of the molecule is CCNC(=O)[C@@H](Cc1ccccc1)N(Cc1cccc(OC)c1)C(=O)COc1ccc(C(C)C)cc1Br. The van der Waals surface area contributed by atoms with E-state index in [0.717, 1.165) is 15.6 Å². The quantitative estimate of drug-likeness (QED) is 0.303. The van der Waals surface area contributed by atoms with E-state index in [-0.39, 0.29) is 25.0 Å². The second-order valence-corrected chi connectivity index (χ2v) is 9.96. The van der Waals surface area contributed by atoms with Crippen LogP contribution in [0.4, 0.5) is 0 Å². The van der Waals surface area contributed by atoms with E-state index >= 15 is 0 Å². The molecule has 0 aliphatic rings. The number of halogens is 1. The summed E-state index contributed by atoms with van der Waals surface area (Å²) in [6, 6.07) is 22.4. The van der Waals surface area contributed by atoms with Gasteiger partial charge in [0.05, 0.1) is 11.6 Å². The number of ether oxygens (including phenoxy) is 2. The van der Waals surface area contributed by atoms with Gasteiger partial charge in [-0.15, -0.1) is 0 Å². The lowest BCUT2D eigenvalue weighted by Crippen LogP contribution is -2.51. The number of amides is 2. The summed E-state index contributed by atoms with van der Waals surface area (Å²) in [6.45, 7) is 6.62. The van der Waals surface area contributed by atoms with E-state index in [1.807, 2.05) is 79.7 Å². The van der Waals surface area contributed by atoms with Crippen LogP contribution >= 0.6 is 15.9 Å². The van der Waals surface area contributed by atoms with Gasteiger partial charge in [0.25, 0.3) is 5.91 Å². The largest absolute Gasteiger partial charge is 0.497 e. The first kappa shape index (κ1) is 28.3. The van der Waals surface area contributed by atoms with Crippen LogP contribution in [0.25, 0.3) is 0 Å². The summed E-state index contributed by atoms with van der Waals surface area (Å²) in [5.41, 5.74) is 3.00. The van der Waals surface area contributed by atoms with Crippen LogP contribution in [0, 0.1) is 0 Å². The van der Waals surface area contributed by atoms with Crippen LogP contribution in [-0.2, 0) is 22.6 Å². The molecule has 0 bridgehead atoms. The van der Waals surface area contributed by atoms with Gasteiger partial charge >= 0.3 is 0 Å². The fourth-order valence-electron chi connectivity index (χ4n) is 4.03. The van der Waals surface area contributed by atoms with Crippen LogP contribution in [0.1, 0.15) is 43.4 Å². The van der Waals surface area contributed by atoms with Gasteiger partial charge in [0.2, 0.25) is 5.91 Å². The van der Waals surface area contributed by atoms with Gasteiger partial charge in [0.1, 0.15) is 17.5 Å². The van der Waals surface area contributed by atoms with Crippen LogP contribution < -0.4 is 14.8 Å². The monoisotopic (exact) mass is 566 g/mol. The molecule has 0 saturated carbocycles. The summed E-state index contributed by atoms with van der Waals surface area (Å²) in [4.78, 5) is 28.5. The van der Waals surface area contributed by atoms with E-state index in [9.17, 15) is 9.59 Å². The fraction of sp³-hybridized carbons (Fsp3) is 0.333. The van der Waals surface area contributed by atoms with Gasteiger partial charge in [0.15, 0.2) is 6.61 Å². The summed E-state index contributed by atoms with van der Waals surface area (Å²) in [5, 5.41) is 2.90. The second-order valence-electron chi connectivity index (χ2n) is 9.11. The lowest BCUT2D eigenvalue weighted by Gasteiger charge is -2.31. The first-order chi connectivity index (χ1) is 17.8. The van der Waals surface area contributed by atoms with E-state index in [0.29, 0.717) is 30.4 Å². The standard InChI is InChI=1S/C30H35BrN2O4/c1-5-32-30(35)27(17-22-10-7-6-8-11-22)33(19-23-12-9-13-25(16-23)36-4)29(34)20-37-28-15-14-24(21(2)3)18-26(28)31/h6-16,18,21,27H,5,17,19-20H2,1-4H3,(H,32,35)/t27-/m1/s1. The zero-order chi connectivity index (χ0) is 26.8. The molecule has 0 heterocycles. The molecule has 0 spiro atoms. The van der Waals surface area contributed by atoms with E-state index in [4.69, 9.17) is 9.47 Å². The van der Waals surface area contributed by atoms with Crippen LogP contribution in [0.15, 0.2) is 77.3 Å². The van der Waals surface area contributed by atoms with Crippen LogP contribution in [0.3, 0.4) is 0 Å². The highest BCUT2D eigenvalue weighted by atomic mass is 79.9. The molecule has 0 fully saturated rings. The van der Waals surface area contributed by atoms with Crippen molar-refractivity contribution in [3.63, 3.8) is 0 Å². The van der Waals surface area contributed by atoms with Gasteiger partial charge in [-0.25, -0.2) is 0 Å². The number of carbonyl (C=O) groups is 2. The van der Waals surface area contributed by atoms with Gasteiger partial charge in [-0.05, 0) is 69.7 Å². The van der Waals surface area contributed by atoms with Crippen LogP contribution in [0.2, 0.25) is 0 Å². The van der Waals surface area contributed by atoms with Crippen molar-refractivity contribution in [2.24, 2.45) is 0 Å². The van der Waals surface area contributed by atoms with Crippen molar-refractivity contribution in [2.45, 2.75) is 45.7 Å². The summed E-state index contributed by atoms with van der Waals surface area (Å²) < 4.78 is 12.1. The molecular weight excluding hydrogens is 532 g/mol. The minimum atomic E-state index is -0.712. The number of hydrogen-bond acceptors (Lipinski definition) is 4. The van der Waals surface area contributed by atoms with Gasteiger partial charge < -0.3 is 19.7 Å². The molecule has 2 amide bonds. The molecule has 3 aromatic carbocycles. The van der Waals surface area contributed by atoms with Gasteiger partial charge in [-0.2, -0.15) is 0 Å². The molecule has 0 saturated heterocycles. The summed E-state index contributed by atoms with van der Waals surface area (Å²) in [5.74, 6) is 1.16. The molecule has 0 aromatic heterocycles. The van der Waals surface area contributed by atoms with Crippen molar-refractivity contribution in [1.82, 2.24) is 10.2 Å². The maximum Gasteiger partial charge on any atom is 0.261 e. The minimum absolute atomic E-state index is 0.200. The summed E-state index contributed by atoms with van der Waals surface area (Å²) in [7, 11) is 1.60. The molecule has 37 heavy (non-hydrogen) atoms. The van der Waals surface area contributed by atoms with Crippen LogP contribution in [0.5, 0.6) is 11.5 Å². The van der Waals surface area contributed by atoms with Crippen molar-refractivity contribution >= 4 is 27.7 Å². The summed E-state index contributed by atoms with van der Waals surface area (Å²) in [6.07, 6.45) is 0.384. The Labute approximate surface area is 228 Å². The third-order valence-corrected chi connectivity index (χ3v) is 6.70. The lowest BCUT2D eigenvalue weighted by atomic mass is 10.0. The van der Waals surface area contributed by atoms with E-state index in [1.165, 1.54) is 5.56 Å². The Morgan fingerprint density at radius 1 is 0.973 bits per heavy atom. The van der Waals surface area contributed by atoms with Crippen molar-refractivity contribution < 1.29 is 19.1 Å². The molecule has 0 radical (unpaired) electrons. The number of benzene rings is 3. The number of rotatable bonds is 12. The minimum Gasteiger partial charge on any atom is -0.497 e. The highest BCUT2D eigenvalue weighted by Crippen LogP contribution is 2.29. The Bertz CT molecular complexity index is 1180. The average molecular weight is 568 g/mol. The third-order valence-electron chi connectivity index (χ3n) is 6.08. The molecule has 0 aliphatic carbocycles. The van der Waals surface area contributed by atoms with Crippen LogP contribution in [-0.4, -0.2) is 43.0 Å². The normalized spacial score (nSPS) is 11.6. The van der Waals surface area contributed by atoms with Crippen molar-refractivity contribution in [1.29, 1.82) is 0 Å². The smallest absolute Gasteiger partial charge is 0.261 e. The number of nitrogens with one attached hydrogen (secondary N) is 1. The predicted octanol–water partition coefficient (Wildman–Crippen LogP) is 5.74. The molecule has 7 heteroatoms. The van der Waals surface area contributed by atoms with Gasteiger partial charge in [0, 0.05) is 19.5 Å². The Morgan fingerprint density at radius 3 is 2.35 bits per heavy atom. The molecular formula is C30H35BrN2O4. The summed E-state index contributed by atoms with van der Waals surface area (Å²) >= 11 is 3.56. The predicted molar refractivity (Wildman–Crippen MR) is 150 cm³/mol. The molecule has 0 aliphatic heterocycles. The maximum absolute atomic E-state index is 13.7. The van der Waals surface area contributed by atoms with E-state index in [1.54, 1.807) is 12.0 Å². The number of carbonyl (C=O) groups excluding carboxylic acids is 2. The first-order valence-corrected chi connectivity index (χ1v) is 13.3. The van der Waals surface area contributed by atoms with Gasteiger partial charge in [-0.1, -0.05) is 62.4 Å². The van der Waals surface area contributed by atoms with Crippen molar-refractivity contribution in [2.75, 3.05) is 20.3 Å². The average Bonchev–Trinajstić information content (AvgIpc) is 2.90. The molecule has 196 valence electrons. The van der Waals surface area contributed by atoms with Crippen molar-refractivity contribution in [3.05, 3.63) is 94.0 Å². The zero-order valence-electron chi connectivity index (χ0n) is 21.9. The Balaban J connectivity index is 1.90. The molecule has 6 nitrogen and oxygen atoms in total. The van der Waals surface area contributed by atoms with E-state index < -0.39 is 6.04 Å². The molecule has 3 aromatic rings. The Kier molecular flexibility index (Phi) is 10.6. The highest BCUT2D eigenvalue weighted by Gasteiger charge is 2.30.